The van der Waals surface area contributed by atoms with Gasteiger partial charge in [0.15, 0.2) is 0 Å². The summed E-state index contributed by atoms with van der Waals surface area (Å²) in [6, 6.07) is 30.3. The largest absolute Gasteiger partial charge is 0.0683 e. The van der Waals surface area contributed by atoms with Crippen LogP contribution in [0, 0.1) is 13.8 Å². The number of rotatable bonds is 4. The van der Waals surface area contributed by atoms with Gasteiger partial charge >= 0.3 is 0 Å². The van der Waals surface area contributed by atoms with E-state index >= 15 is 0 Å². The van der Waals surface area contributed by atoms with Crippen LogP contribution in [0.4, 0.5) is 0 Å². The molecule has 4 aromatic carbocycles. The molecule has 0 unspecified atom stereocenters. The molecule has 0 spiro atoms. The molecule has 0 atom stereocenters. The SMILES string of the molecule is CC.CC.CC.Cc1ccc(C=Cc2cc(C=Cc3ccc(C)cc3)c3ccccc3c2)cc1. The lowest BCUT2D eigenvalue weighted by molar-refractivity contribution is 1.46. The van der Waals surface area contributed by atoms with Gasteiger partial charge in [-0.05, 0) is 59.0 Å². The maximum atomic E-state index is 2.26. The Morgan fingerprint density at radius 1 is 0.441 bits per heavy atom. The first-order valence-electron chi connectivity index (χ1n) is 12.7. The third kappa shape index (κ3) is 8.87. The van der Waals surface area contributed by atoms with Gasteiger partial charge in [-0.25, -0.2) is 0 Å². The minimum Gasteiger partial charge on any atom is -0.0683 e. The molecular weight excluding hydrogens is 408 g/mol. The van der Waals surface area contributed by atoms with Crippen LogP contribution in [0.25, 0.3) is 35.1 Å². The third-order valence-electron chi connectivity index (χ3n) is 4.99. The van der Waals surface area contributed by atoms with E-state index in [4.69, 9.17) is 0 Å². The predicted octanol–water partition coefficient (Wildman–Crippen LogP) is 10.9. The highest BCUT2D eigenvalue weighted by molar-refractivity contribution is 5.95. The Morgan fingerprint density at radius 2 is 0.882 bits per heavy atom. The van der Waals surface area contributed by atoms with Crippen LogP contribution in [0.15, 0.2) is 84.9 Å². The third-order valence-corrected chi connectivity index (χ3v) is 4.99. The van der Waals surface area contributed by atoms with E-state index in [1.54, 1.807) is 0 Å². The highest BCUT2D eigenvalue weighted by atomic mass is 14.1. The molecule has 4 aromatic rings. The van der Waals surface area contributed by atoms with E-state index < -0.39 is 0 Å². The van der Waals surface area contributed by atoms with E-state index in [2.05, 4.69) is 123 Å². The first-order chi connectivity index (χ1) is 16.7. The van der Waals surface area contributed by atoms with Crippen molar-refractivity contribution in [3.63, 3.8) is 0 Å². The molecule has 0 aliphatic carbocycles. The molecule has 0 heteroatoms. The highest BCUT2D eigenvalue weighted by Gasteiger charge is 2.01. The van der Waals surface area contributed by atoms with Crippen LogP contribution < -0.4 is 0 Å². The minimum absolute atomic E-state index is 1.21. The first kappa shape index (κ1) is 28.7. The van der Waals surface area contributed by atoms with Gasteiger partial charge in [0.05, 0.1) is 0 Å². The standard InChI is InChI=1S/C28H24.3C2H6/c1-21-7-11-23(12-8-21)15-16-25-19-26-5-3-4-6-28(26)27(20-25)18-17-24-13-9-22(2)10-14-24;3*1-2/h3-20H,1-2H3;3*1-2H3. The summed E-state index contributed by atoms with van der Waals surface area (Å²) in [7, 11) is 0. The zero-order valence-electron chi connectivity index (χ0n) is 22.4. The number of aryl methyl sites for hydroxylation is 2. The molecule has 0 fully saturated rings. The second-order valence-electron chi connectivity index (χ2n) is 7.32. The van der Waals surface area contributed by atoms with E-state index in [9.17, 15) is 0 Å². The van der Waals surface area contributed by atoms with E-state index in [1.165, 1.54) is 44.2 Å². The van der Waals surface area contributed by atoms with Crippen LogP contribution in [-0.2, 0) is 0 Å². The van der Waals surface area contributed by atoms with Crippen molar-refractivity contribution in [2.75, 3.05) is 0 Å². The Morgan fingerprint density at radius 3 is 1.41 bits per heavy atom. The molecule has 0 N–H and O–H groups in total. The van der Waals surface area contributed by atoms with Crippen LogP contribution in [-0.4, -0.2) is 0 Å². The maximum absolute atomic E-state index is 2.26. The Balaban J connectivity index is 0.000000894. The van der Waals surface area contributed by atoms with Crippen molar-refractivity contribution in [2.45, 2.75) is 55.4 Å². The molecule has 4 rings (SSSR count). The molecule has 0 heterocycles. The van der Waals surface area contributed by atoms with E-state index in [1.807, 2.05) is 41.5 Å². The average Bonchev–Trinajstić information content (AvgIpc) is 2.91. The molecule has 0 saturated heterocycles. The Labute approximate surface area is 208 Å². The fourth-order valence-corrected chi connectivity index (χ4v) is 3.33. The first-order valence-corrected chi connectivity index (χ1v) is 12.7. The Hall–Kier alpha value is -3.38. The Bertz CT molecular complexity index is 1140. The second-order valence-corrected chi connectivity index (χ2v) is 7.32. The topological polar surface area (TPSA) is 0 Å². The van der Waals surface area contributed by atoms with Gasteiger partial charge in [0.1, 0.15) is 0 Å². The smallest absolute Gasteiger partial charge is 0.0111 e. The van der Waals surface area contributed by atoms with Gasteiger partial charge in [0.2, 0.25) is 0 Å². The molecule has 0 amide bonds. The van der Waals surface area contributed by atoms with E-state index in [0.717, 1.165) is 0 Å². The van der Waals surface area contributed by atoms with Gasteiger partial charge in [-0.3, -0.25) is 0 Å². The van der Waals surface area contributed by atoms with Crippen LogP contribution in [0.3, 0.4) is 0 Å². The molecule has 0 radical (unpaired) electrons. The number of hydrogen-bond donors (Lipinski definition) is 0. The molecule has 0 bridgehead atoms. The van der Waals surface area contributed by atoms with Gasteiger partial charge < -0.3 is 0 Å². The summed E-state index contributed by atoms with van der Waals surface area (Å²) in [4.78, 5) is 0. The fourth-order valence-electron chi connectivity index (χ4n) is 3.33. The summed E-state index contributed by atoms with van der Waals surface area (Å²) in [5.41, 5.74) is 7.45. The molecule has 0 nitrogen and oxygen atoms in total. The molecule has 0 aliphatic heterocycles. The van der Waals surface area contributed by atoms with Gasteiger partial charge in [-0.1, -0.05) is 150 Å². The summed E-state index contributed by atoms with van der Waals surface area (Å²) in [5, 5.41) is 2.54. The van der Waals surface area contributed by atoms with Crippen LogP contribution >= 0.6 is 0 Å². The van der Waals surface area contributed by atoms with Crippen LogP contribution in [0.1, 0.15) is 74.9 Å². The number of fused-ring (bicyclic) bond motifs is 1. The van der Waals surface area contributed by atoms with Crippen molar-refractivity contribution < 1.29 is 0 Å². The van der Waals surface area contributed by atoms with Crippen molar-refractivity contribution in [3.05, 3.63) is 118 Å². The quantitative estimate of drug-likeness (QED) is 0.271. The molecular formula is C34H42. The highest BCUT2D eigenvalue weighted by Crippen LogP contribution is 2.24. The van der Waals surface area contributed by atoms with Gasteiger partial charge in [0.25, 0.3) is 0 Å². The van der Waals surface area contributed by atoms with Crippen molar-refractivity contribution >= 4 is 35.1 Å². The zero-order chi connectivity index (χ0) is 25.3. The second kappa shape index (κ2) is 16.3. The van der Waals surface area contributed by atoms with Crippen molar-refractivity contribution in [2.24, 2.45) is 0 Å². The fraction of sp³-hybridized carbons (Fsp3) is 0.235. The zero-order valence-corrected chi connectivity index (χ0v) is 22.4. The molecule has 178 valence electrons. The lowest BCUT2D eigenvalue weighted by atomic mass is 9.99. The van der Waals surface area contributed by atoms with E-state index in [0.29, 0.717) is 0 Å². The van der Waals surface area contributed by atoms with E-state index in [-0.39, 0.29) is 0 Å². The van der Waals surface area contributed by atoms with Gasteiger partial charge in [-0.15, -0.1) is 0 Å². The molecule has 34 heavy (non-hydrogen) atoms. The van der Waals surface area contributed by atoms with Crippen molar-refractivity contribution in [1.82, 2.24) is 0 Å². The molecule has 0 aromatic heterocycles. The Kier molecular flexibility index (Phi) is 13.7. The number of benzene rings is 4. The molecule has 0 saturated carbocycles. The summed E-state index contributed by atoms with van der Waals surface area (Å²) >= 11 is 0. The molecule has 0 aliphatic rings. The van der Waals surface area contributed by atoms with Crippen LogP contribution in [0.5, 0.6) is 0 Å². The summed E-state index contributed by atoms with van der Waals surface area (Å²) in [6.07, 6.45) is 8.78. The maximum Gasteiger partial charge on any atom is -0.0111 e. The van der Waals surface area contributed by atoms with Crippen molar-refractivity contribution in [3.8, 4) is 0 Å². The lowest BCUT2D eigenvalue weighted by Gasteiger charge is -2.06. The summed E-state index contributed by atoms with van der Waals surface area (Å²) < 4.78 is 0. The van der Waals surface area contributed by atoms with Crippen molar-refractivity contribution in [1.29, 1.82) is 0 Å². The lowest BCUT2D eigenvalue weighted by Crippen LogP contribution is -1.83. The monoisotopic (exact) mass is 450 g/mol. The predicted molar refractivity (Wildman–Crippen MR) is 158 cm³/mol. The minimum atomic E-state index is 1.21. The average molecular weight is 451 g/mol. The summed E-state index contributed by atoms with van der Waals surface area (Å²) in [5.74, 6) is 0. The summed E-state index contributed by atoms with van der Waals surface area (Å²) in [6.45, 7) is 16.2. The van der Waals surface area contributed by atoms with Gasteiger partial charge in [-0.2, -0.15) is 0 Å². The normalized spacial score (nSPS) is 10.1. The number of hydrogen-bond acceptors (Lipinski definition) is 0. The van der Waals surface area contributed by atoms with Crippen LogP contribution in [0.2, 0.25) is 0 Å². The van der Waals surface area contributed by atoms with Gasteiger partial charge in [0, 0.05) is 0 Å².